The first-order valence-electron chi connectivity index (χ1n) is 9.55. The van der Waals surface area contributed by atoms with E-state index in [-0.39, 0.29) is 0 Å². The molecule has 0 bridgehead atoms. The first kappa shape index (κ1) is 19.0. The predicted molar refractivity (Wildman–Crippen MR) is 102 cm³/mol. The quantitative estimate of drug-likeness (QED) is 0.406. The summed E-state index contributed by atoms with van der Waals surface area (Å²) in [6.07, 6.45) is 16.5. The van der Waals surface area contributed by atoms with E-state index in [1.807, 2.05) is 24.3 Å². The molecule has 1 aromatic carbocycles. The molecule has 2 heteroatoms. The highest BCUT2D eigenvalue weighted by Gasteiger charge is 2.25. The number of hydrogen-bond donors (Lipinski definition) is 1. The third-order valence-electron chi connectivity index (χ3n) is 4.59. The number of rotatable bonds is 11. The number of ether oxygens (including phenoxy) is 1. The minimum absolute atomic E-state index is 0.519. The minimum Gasteiger partial charge on any atom is -0.362 e. The van der Waals surface area contributed by atoms with Crippen LogP contribution in [0.5, 0.6) is 0 Å². The Bertz CT molecular complexity index is 518. The van der Waals surface area contributed by atoms with Crippen molar-refractivity contribution in [3.05, 3.63) is 54.1 Å². The highest BCUT2D eigenvalue weighted by Crippen LogP contribution is 2.27. The van der Waals surface area contributed by atoms with Gasteiger partial charge in [0.25, 0.3) is 0 Å². The lowest BCUT2D eigenvalue weighted by molar-refractivity contribution is -0.165. The van der Waals surface area contributed by atoms with E-state index in [4.69, 9.17) is 4.74 Å². The Kier molecular flexibility index (Phi) is 8.27. The number of unbranched alkanes of at least 4 members (excludes halogenated alkanes) is 7. The van der Waals surface area contributed by atoms with Crippen LogP contribution in [0.15, 0.2) is 48.6 Å². The molecule has 0 saturated heterocycles. The third-order valence-corrected chi connectivity index (χ3v) is 4.59. The lowest BCUT2D eigenvalue weighted by atomic mass is 9.96. The van der Waals surface area contributed by atoms with Crippen molar-refractivity contribution in [2.45, 2.75) is 70.5 Å². The summed E-state index contributed by atoms with van der Waals surface area (Å²) in [5, 5.41) is 10.5. The van der Waals surface area contributed by atoms with E-state index in [1.165, 1.54) is 50.5 Å². The van der Waals surface area contributed by atoms with Crippen LogP contribution in [-0.2, 0) is 4.74 Å². The second-order valence-electron chi connectivity index (χ2n) is 6.73. The Balaban J connectivity index is 1.61. The van der Waals surface area contributed by atoms with E-state index >= 15 is 0 Å². The highest BCUT2D eigenvalue weighted by atomic mass is 16.6. The van der Waals surface area contributed by atoms with Crippen LogP contribution >= 0.6 is 0 Å². The number of aliphatic hydroxyl groups is 1. The molecule has 1 unspecified atom stereocenters. The van der Waals surface area contributed by atoms with Crippen molar-refractivity contribution in [2.75, 3.05) is 6.61 Å². The number of allylic oxidation sites excluding steroid dienone is 2. The second-order valence-corrected chi connectivity index (χ2v) is 6.73. The Hall–Kier alpha value is -1.38. The van der Waals surface area contributed by atoms with Crippen molar-refractivity contribution in [3.63, 3.8) is 0 Å². The van der Waals surface area contributed by atoms with E-state index in [0.29, 0.717) is 13.0 Å². The molecule has 1 aromatic rings. The summed E-state index contributed by atoms with van der Waals surface area (Å²) < 4.78 is 5.72. The lowest BCUT2D eigenvalue weighted by Crippen LogP contribution is -2.31. The number of hydrogen-bond acceptors (Lipinski definition) is 2. The van der Waals surface area contributed by atoms with Crippen molar-refractivity contribution < 1.29 is 9.84 Å². The van der Waals surface area contributed by atoms with Gasteiger partial charge in [0, 0.05) is 6.42 Å². The number of benzene rings is 1. The van der Waals surface area contributed by atoms with Crippen LogP contribution in [0.4, 0.5) is 0 Å². The zero-order chi connectivity index (χ0) is 17.1. The van der Waals surface area contributed by atoms with E-state index in [0.717, 1.165) is 12.0 Å². The lowest BCUT2D eigenvalue weighted by Gasteiger charge is -2.27. The highest BCUT2D eigenvalue weighted by molar-refractivity contribution is 5.75. The van der Waals surface area contributed by atoms with Gasteiger partial charge in [-0.05, 0) is 23.6 Å². The molecule has 0 aliphatic heterocycles. The Labute approximate surface area is 147 Å². The molecular formula is C22H32O2. The van der Waals surface area contributed by atoms with Gasteiger partial charge in [0.05, 0.1) is 6.61 Å². The fourth-order valence-electron chi connectivity index (χ4n) is 3.05. The predicted octanol–water partition coefficient (Wildman–Crippen LogP) is 5.88. The molecule has 2 nitrogen and oxygen atoms in total. The fraction of sp³-hybridized carbons (Fsp3) is 0.545. The molecule has 1 aliphatic carbocycles. The summed E-state index contributed by atoms with van der Waals surface area (Å²) in [7, 11) is 0. The van der Waals surface area contributed by atoms with Crippen LogP contribution in [0.2, 0.25) is 0 Å². The van der Waals surface area contributed by atoms with Gasteiger partial charge in [-0.3, -0.25) is 0 Å². The molecule has 1 N–H and O–H groups in total. The van der Waals surface area contributed by atoms with Crippen LogP contribution in [0, 0.1) is 0 Å². The minimum atomic E-state index is -1.13. The van der Waals surface area contributed by atoms with Crippen molar-refractivity contribution in [3.8, 4) is 0 Å². The molecule has 1 aliphatic rings. The topological polar surface area (TPSA) is 29.5 Å². The molecule has 24 heavy (non-hydrogen) atoms. The molecule has 1 atom stereocenters. The smallest absolute Gasteiger partial charge is 0.189 e. The summed E-state index contributed by atoms with van der Waals surface area (Å²) in [4.78, 5) is 0. The van der Waals surface area contributed by atoms with Gasteiger partial charge < -0.3 is 9.84 Å². The summed E-state index contributed by atoms with van der Waals surface area (Å²) in [5.41, 5.74) is 2.33. The van der Waals surface area contributed by atoms with Crippen molar-refractivity contribution in [1.29, 1.82) is 0 Å². The van der Waals surface area contributed by atoms with E-state index in [9.17, 15) is 5.11 Å². The van der Waals surface area contributed by atoms with Gasteiger partial charge in [-0.15, -0.1) is 0 Å². The monoisotopic (exact) mass is 328 g/mol. The molecule has 0 saturated carbocycles. The molecule has 0 spiro atoms. The maximum atomic E-state index is 10.5. The molecule has 0 amide bonds. The summed E-state index contributed by atoms with van der Waals surface area (Å²) >= 11 is 0. The van der Waals surface area contributed by atoms with Crippen LogP contribution in [0.3, 0.4) is 0 Å². The zero-order valence-electron chi connectivity index (χ0n) is 15.0. The van der Waals surface area contributed by atoms with Gasteiger partial charge in [-0.2, -0.15) is 0 Å². The average molecular weight is 328 g/mol. The first-order chi connectivity index (χ1) is 11.7. The van der Waals surface area contributed by atoms with Crippen LogP contribution < -0.4 is 0 Å². The van der Waals surface area contributed by atoms with E-state index in [2.05, 4.69) is 25.1 Å². The standard InChI is InChI=1S/C22H32O2/c1-2-3-4-5-6-7-8-12-19-24-22(23)17-15-21(16-18-22)20-13-10-9-11-14-20/h9-11,13-17,23H,2-8,12,18-19H2,1H3. The average Bonchev–Trinajstić information content (AvgIpc) is 2.62. The van der Waals surface area contributed by atoms with Crippen LogP contribution in [-0.4, -0.2) is 17.5 Å². The Morgan fingerprint density at radius 3 is 2.25 bits per heavy atom. The van der Waals surface area contributed by atoms with Gasteiger partial charge in [-0.1, -0.05) is 94.4 Å². The molecule has 0 fully saturated rings. The molecule has 0 aromatic heterocycles. The Morgan fingerprint density at radius 2 is 1.62 bits per heavy atom. The Morgan fingerprint density at radius 1 is 0.958 bits per heavy atom. The van der Waals surface area contributed by atoms with Gasteiger partial charge in [0.2, 0.25) is 0 Å². The van der Waals surface area contributed by atoms with Crippen molar-refractivity contribution in [1.82, 2.24) is 0 Å². The summed E-state index contributed by atoms with van der Waals surface area (Å²) in [5.74, 6) is -1.13. The molecule has 0 heterocycles. The molecule has 2 rings (SSSR count). The van der Waals surface area contributed by atoms with E-state index in [1.54, 1.807) is 6.08 Å². The zero-order valence-corrected chi connectivity index (χ0v) is 15.0. The third kappa shape index (κ3) is 6.62. The molecule has 0 radical (unpaired) electrons. The van der Waals surface area contributed by atoms with Crippen LogP contribution in [0.25, 0.3) is 5.57 Å². The van der Waals surface area contributed by atoms with Gasteiger partial charge in [0.1, 0.15) is 0 Å². The van der Waals surface area contributed by atoms with Crippen molar-refractivity contribution in [2.24, 2.45) is 0 Å². The van der Waals surface area contributed by atoms with Crippen molar-refractivity contribution >= 4 is 5.57 Å². The second kappa shape index (κ2) is 10.5. The van der Waals surface area contributed by atoms with E-state index < -0.39 is 5.79 Å². The SMILES string of the molecule is CCCCCCCCCCOC1(O)C=CC(c2ccccc2)=CC1. The summed E-state index contributed by atoms with van der Waals surface area (Å²) in [6.45, 7) is 2.88. The van der Waals surface area contributed by atoms with Crippen LogP contribution in [0.1, 0.15) is 70.3 Å². The molecule has 132 valence electrons. The van der Waals surface area contributed by atoms with Gasteiger partial charge in [-0.25, -0.2) is 0 Å². The normalized spacial score (nSPS) is 20.2. The first-order valence-corrected chi connectivity index (χ1v) is 9.55. The van der Waals surface area contributed by atoms with Gasteiger partial charge >= 0.3 is 0 Å². The van der Waals surface area contributed by atoms with Gasteiger partial charge in [0.15, 0.2) is 5.79 Å². The fourth-order valence-corrected chi connectivity index (χ4v) is 3.05. The summed E-state index contributed by atoms with van der Waals surface area (Å²) in [6, 6.07) is 10.2. The maximum absolute atomic E-state index is 10.5. The maximum Gasteiger partial charge on any atom is 0.189 e. The largest absolute Gasteiger partial charge is 0.362 e. The molecular weight excluding hydrogens is 296 g/mol.